The first-order chi connectivity index (χ1) is 15.1. The van der Waals surface area contributed by atoms with E-state index in [1.807, 2.05) is 7.05 Å². The van der Waals surface area contributed by atoms with E-state index in [0.29, 0.717) is 11.9 Å². The van der Waals surface area contributed by atoms with Gasteiger partial charge in [-0.3, -0.25) is 4.79 Å². The Morgan fingerprint density at radius 2 is 2.00 bits per heavy atom. The van der Waals surface area contributed by atoms with Crippen LogP contribution in [0, 0.1) is 17.8 Å². The third-order valence-corrected chi connectivity index (χ3v) is 9.17. The number of anilines is 1. The first-order valence-electron chi connectivity index (χ1n) is 13.0. The first-order valence-corrected chi connectivity index (χ1v) is 13.0. The van der Waals surface area contributed by atoms with Gasteiger partial charge in [-0.2, -0.15) is 0 Å². The number of benzene rings is 1. The van der Waals surface area contributed by atoms with Crippen LogP contribution in [0.1, 0.15) is 75.8 Å². The molecule has 31 heavy (non-hydrogen) atoms. The number of carbonyl (C=O) groups excluding carboxylic acids is 1. The fourth-order valence-corrected chi connectivity index (χ4v) is 7.52. The summed E-state index contributed by atoms with van der Waals surface area (Å²) in [4.78, 5) is 16.6. The number of likely N-dealkylation sites (tertiary alicyclic amines) is 1. The summed E-state index contributed by atoms with van der Waals surface area (Å²) < 4.78 is 0. The number of hydrogen-bond acceptors (Lipinski definition) is 3. The van der Waals surface area contributed by atoms with Crippen LogP contribution in [0.15, 0.2) is 18.2 Å². The monoisotopic (exact) mass is 423 g/mol. The highest BCUT2D eigenvalue weighted by Gasteiger charge is 2.52. The molecule has 3 fully saturated rings. The van der Waals surface area contributed by atoms with Crippen molar-refractivity contribution >= 4 is 11.6 Å². The molecule has 4 unspecified atom stereocenters. The van der Waals surface area contributed by atoms with Gasteiger partial charge in [0.05, 0.1) is 5.92 Å². The molecule has 4 atom stereocenters. The molecule has 4 nitrogen and oxygen atoms in total. The van der Waals surface area contributed by atoms with Gasteiger partial charge in [0.2, 0.25) is 5.91 Å². The van der Waals surface area contributed by atoms with Gasteiger partial charge in [-0.05, 0) is 74.0 Å². The van der Waals surface area contributed by atoms with Gasteiger partial charge in [-0.25, -0.2) is 0 Å². The molecule has 1 amide bonds. The highest BCUT2D eigenvalue weighted by atomic mass is 16.2. The second-order valence-electron chi connectivity index (χ2n) is 10.9. The number of piperidine rings is 1. The van der Waals surface area contributed by atoms with Crippen molar-refractivity contribution in [2.45, 2.75) is 82.6 Å². The Hall–Kier alpha value is -1.55. The normalized spacial score (nSPS) is 34.0. The fourth-order valence-electron chi connectivity index (χ4n) is 7.52. The Morgan fingerprint density at radius 3 is 2.81 bits per heavy atom. The van der Waals surface area contributed by atoms with Crippen molar-refractivity contribution in [3.63, 3.8) is 0 Å². The maximum atomic E-state index is 14.3. The summed E-state index contributed by atoms with van der Waals surface area (Å²) in [6, 6.07) is 7.17. The molecule has 1 aromatic carbocycles. The fraction of sp³-hybridized carbons (Fsp3) is 0.741. The zero-order chi connectivity index (χ0) is 21.4. The van der Waals surface area contributed by atoms with Crippen LogP contribution in [0.3, 0.4) is 0 Å². The Bertz CT molecular complexity index is 802. The Morgan fingerprint density at radius 1 is 1.16 bits per heavy atom. The highest BCUT2D eigenvalue weighted by Crippen LogP contribution is 2.48. The van der Waals surface area contributed by atoms with Gasteiger partial charge in [0, 0.05) is 43.8 Å². The molecule has 0 radical (unpaired) electrons. The van der Waals surface area contributed by atoms with Crippen molar-refractivity contribution in [2.24, 2.45) is 17.8 Å². The molecule has 1 aromatic rings. The summed E-state index contributed by atoms with van der Waals surface area (Å²) in [7, 11) is 2.02. The van der Waals surface area contributed by atoms with E-state index in [4.69, 9.17) is 0 Å². The van der Waals surface area contributed by atoms with E-state index in [-0.39, 0.29) is 11.3 Å². The molecule has 1 saturated carbocycles. The molecule has 0 bridgehead atoms. The smallest absolute Gasteiger partial charge is 0.228 e. The molecule has 4 heteroatoms. The van der Waals surface area contributed by atoms with Crippen LogP contribution >= 0.6 is 0 Å². The minimum absolute atomic E-state index is 0.0301. The molecular weight excluding hydrogens is 382 g/mol. The summed E-state index contributed by atoms with van der Waals surface area (Å²) in [5.74, 6) is 2.01. The minimum Gasteiger partial charge on any atom is -0.388 e. The average Bonchev–Trinajstić information content (AvgIpc) is 3.23. The van der Waals surface area contributed by atoms with Crippen LogP contribution in [-0.2, 0) is 16.6 Å². The standard InChI is InChI=1S/C27H41N3O/c1-19-13-15-30(25(16-19)20-8-4-3-5-9-20)26(31)23-17-29-18-27(23)14-7-10-21-22(27)11-6-12-24(21)28-2/h6,11-12,19-20,23,25,28-29H,3-5,7-10,13-18H2,1-2H3. The first kappa shape index (κ1) is 21.3. The zero-order valence-electron chi connectivity index (χ0n) is 19.6. The summed E-state index contributed by atoms with van der Waals surface area (Å²) in [5.41, 5.74) is 4.11. The third kappa shape index (κ3) is 3.69. The van der Waals surface area contributed by atoms with Gasteiger partial charge in [0.15, 0.2) is 0 Å². The van der Waals surface area contributed by atoms with Gasteiger partial charge in [-0.1, -0.05) is 38.3 Å². The second kappa shape index (κ2) is 8.77. The van der Waals surface area contributed by atoms with Crippen molar-refractivity contribution in [1.29, 1.82) is 0 Å². The summed E-state index contributed by atoms with van der Waals surface area (Å²) in [6.07, 6.45) is 12.6. The highest BCUT2D eigenvalue weighted by molar-refractivity contribution is 5.82. The van der Waals surface area contributed by atoms with Crippen LogP contribution in [0.25, 0.3) is 0 Å². The lowest BCUT2D eigenvalue weighted by molar-refractivity contribution is -0.143. The summed E-state index contributed by atoms with van der Waals surface area (Å²) in [6.45, 7) is 5.15. The van der Waals surface area contributed by atoms with E-state index in [1.54, 1.807) is 0 Å². The van der Waals surface area contributed by atoms with Crippen LogP contribution in [0.2, 0.25) is 0 Å². The summed E-state index contributed by atoms with van der Waals surface area (Å²) in [5, 5.41) is 7.07. The molecular formula is C27H41N3O. The number of nitrogens with zero attached hydrogens (tertiary/aromatic N) is 1. The number of amides is 1. The molecule has 2 saturated heterocycles. The molecule has 5 rings (SSSR count). The van der Waals surface area contributed by atoms with E-state index in [9.17, 15) is 4.79 Å². The number of fused-ring (bicyclic) bond motifs is 2. The van der Waals surface area contributed by atoms with E-state index in [2.05, 4.69) is 40.7 Å². The number of hydrogen-bond donors (Lipinski definition) is 2. The Labute approximate surface area is 188 Å². The Balaban J connectivity index is 1.46. The van der Waals surface area contributed by atoms with Gasteiger partial charge in [0.25, 0.3) is 0 Å². The van der Waals surface area contributed by atoms with Gasteiger partial charge in [0.1, 0.15) is 0 Å². The zero-order valence-corrected chi connectivity index (χ0v) is 19.6. The predicted octanol–water partition coefficient (Wildman–Crippen LogP) is 4.73. The molecule has 1 spiro atoms. The van der Waals surface area contributed by atoms with Crippen molar-refractivity contribution in [3.8, 4) is 0 Å². The van der Waals surface area contributed by atoms with E-state index < -0.39 is 0 Å². The van der Waals surface area contributed by atoms with Crippen molar-refractivity contribution in [1.82, 2.24) is 10.2 Å². The maximum Gasteiger partial charge on any atom is 0.228 e. The van der Waals surface area contributed by atoms with Gasteiger partial charge < -0.3 is 15.5 Å². The maximum absolute atomic E-state index is 14.3. The van der Waals surface area contributed by atoms with Crippen molar-refractivity contribution in [2.75, 3.05) is 32.0 Å². The predicted molar refractivity (Wildman–Crippen MR) is 127 cm³/mol. The SMILES string of the molecule is CNc1cccc2c1CCCC21CNCC1C(=O)N1CCC(C)CC1C1CCCCC1. The minimum atomic E-state index is -0.0301. The van der Waals surface area contributed by atoms with Crippen LogP contribution in [0.4, 0.5) is 5.69 Å². The molecule has 2 N–H and O–H groups in total. The molecule has 170 valence electrons. The van der Waals surface area contributed by atoms with E-state index in [0.717, 1.165) is 44.3 Å². The van der Waals surface area contributed by atoms with Crippen LogP contribution in [-0.4, -0.2) is 43.5 Å². The van der Waals surface area contributed by atoms with Crippen LogP contribution in [0.5, 0.6) is 0 Å². The summed E-state index contributed by atoms with van der Waals surface area (Å²) >= 11 is 0. The Kier molecular flexibility index (Phi) is 6.02. The molecule has 2 aliphatic heterocycles. The van der Waals surface area contributed by atoms with Crippen molar-refractivity contribution < 1.29 is 4.79 Å². The van der Waals surface area contributed by atoms with Gasteiger partial charge in [-0.15, -0.1) is 0 Å². The molecule has 4 aliphatic rings. The number of carbonyl (C=O) groups is 1. The molecule has 0 aromatic heterocycles. The second-order valence-corrected chi connectivity index (χ2v) is 10.9. The van der Waals surface area contributed by atoms with Crippen molar-refractivity contribution in [3.05, 3.63) is 29.3 Å². The molecule has 2 heterocycles. The third-order valence-electron chi connectivity index (χ3n) is 9.17. The lowest BCUT2D eigenvalue weighted by Gasteiger charge is -2.47. The number of rotatable bonds is 3. The topological polar surface area (TPSA) is 44.4 Å². The number of nitrogens with one attached hydrogen (secondary N) is 2. The van der Waals surface area contributed by atoms with E-state index in [1.165, 1.54) is 68.2 Å². The molecule has 2 aliphatic carbocycles. The average molecular weight is 424 g/mol. The van der Waals surface area contributed by atoms with Gasteiger partial charge >= 0.3 is 0 Å². The lowest BCUT2D eigenvalue weighted by atomic mass is 9.63. The van der Waals surface area contributed by atoms with E-state index >= 15 is 0 Å². The largest absolute Gasteiger partial charge is 0.388 e. The quantitative estimate of drug-likeness (QED) is 0.739. The van der Waals surface area contributed by atoms with Crippen LogP contribution < -0.4 is 10.6 Å². The lowest BCUT2D eigenvalue weighted by Crippen LogP contribution is -2.55.